The second-order valence-electron chi connectivity index (χ2n) is 6.71. The molecular weight excluding hydrogens is 210 g/mol. The molecule has 2 atom stereocenters. The summed E-state index contributed by atoms with van der Waals surface area (Å²) in [4.78, 5) is 0. The largest absolute Gasteiger partial charge is 0.389 e. The normalized spacial score (nSPS) is 37.6. The van der Waals surface area contributed by atoms with Gasteiger partial charge in [0.1, 0.15) is 0 Å². The lowest BCUT2D eigenvalue weighted by atomic mass is 9.57. The number of nitrogens with two attached hydrogens (primary N) is 1. The highest BCUT2D eigenvalue weighted by Crippen LogP contribution is 2.55. The molecule has 2 nitrogen and oxygen atoms in total. The zero-order valence-corrected chi connectivity index (χ0v) is 11.5. The van der Waals surface area contributed by atoms with Crippen LogP contribution in [0.15, 0.2) is 0 Å². The second kappa shape index (κ2) is 4.89. The molecule has 100 valence electrons. The Morgan fingerprint density at radius 3 is 2.24 bits per heavy atom. The van der Waals surface area contributed by atoms with Crippen LogP contribution in [0.1, 0.15) is 65.2 Å². The quantitative estimate of drug-likeness (QED) is 0.795. The molecule has 2 rings (SSSR count). The van der Waals surface area contributed by atoms with Gasteiger partial charge in [0.15, 0.2) is 0 Å². The summed E-state index contributed by atoms with van der Waals surface area (Å²) in [5.74, 6) is 1.03. The van der Waals surface area contributed by atoms with Gasteiger partial charge in [-0.1, -0.05) is 39.5 Å². The van der Waals surface area contributed by atoms with Gasteiger partial charge in [-0.3, -0.25) is 0 Å². The average Bonchev–Trinajstić information content (AvgIpc) is 2.79. The molecule has 2 aliphatic carbocycles. The molecular formula is C15H29NO. The highest BCUT2D eigenvalue weighted by molar-refractivity contribution is 5.07. The molecule has 2 aliphatic rings. The molecule has 0 heterocycles. The summed E-state index contributed by atoms with van der Waals surface area (Å²) in [7, 11) is 0. The van der Waals surface area contributed by atoms with Gasteiger partial charge < -0.3 is 10.8 Å². The Morgan fingerprint density at radius 1 is 1.12 bits per heavy atom. The van der Waals surface area contributed by atoms with E-state index in [0.717, 1.165) is 19.3 Å². The van der Waals surface area contributed by atoms with E-state index in [1.54, 1.807) is 0 Å². The van der Waals surface area contributed by atoms with Gasteiger partial charge in [-0.25, -0.2) is 0 Å². The zero-order valence-electron chi connectivity index (χ0n) is 11.5. The monoisotopic (exact) mass is 239 g/mol. The molecule has 2 heteroatoms. The smallest absolute Gasteiger partial charge is 0.0746 e. The summed E-state index contributed by atoms with van der Waals surface area (Å²) in [5.41, 5.74) is 5.64. The summed E-state index contributed by atoms with van der Waals surface area (Å²) < 4.78 is 0. The van der Waals surface area contributed by atoms with Crippen molar-refractivity contribution in [2.75, 3.05) is 6.54 Å². The first-order valence-electron chi connectivity index (χ1n) is 7.48. The maximum atomic E-state index is 11.4. The van der Waals surface area contributed by atoms with Crippen molar-refractivity contribution in [1.29, 1.82) is 0 Å². The van der Waals surface area contributed by atoms with Crippen LogP contribution in [0.5, 0.6) is 0 Å². The van der Waals surface area contributed by atoms with Crippen LogP contribution in [-0.4, -0.2) is 17.3 Å². The van der Waals surface area contributed by atoms with Crippen LogP contribution in [0.4, 0.5) is 0 Å². The van der Waals surface area contributed by atoms with Crippen LogP contribution < -0.4 is 5.73 Å². The predicted molar refractivity (Wildman–Crippen MR) is 71.7 cm³/mol. The molecule has 17 heavy (non-hydrogen) atoms. The topological polar surface area (TPSA) is 46.2 Å². The molecule has 2 fully saturated rings. The first kappa shape index (κ1) is 13.4. The standard InChI is InChI=1S/C15H29NO/c1-12(2)13-7-3-4-10-15(13,17)14(11-16)8-5-6-9-14/h12-13,17H,3-11,16H2,1-2H3. The lowest BCUT2D eigenvalue weighted by Gasteiger charge is -2.53. The lowest BCUT2D eigenvalue weighted by Crippen LogP contribution is -2.58. The third-order valence-corrected chi connectivity index (χ3v) is 5.61. The minimum atomic E-state index is -0.481. The summed E-state index contributed by atoms with van der Waals surface area (Å²) in [5, 5.41) is 11.4. The van der Waals surface area contributed by atoms with E-state index in [2.05, 4.69) is 13.8 Å². The molecule has 3 N–H and O–H groups in total. The molecule has 0 aromatic carbocycles. The molecule has 0 saturated heterocycles. The van der Waals surface area contributed by atoms with Crippen LogP contribution in [0, 0.1) is 17.3 Å². The molecule has 0 aromatic heterocycles. The molecule has 0 radical (unpaired) electrons. The van der Waals surface area contributed by atoms with E-state index >= 15 is 0 Å². The summed E-state index contributed by atoms with van der Waals surface area (Å²) >= 11 is 0. The van der Waals surface area contributed by atoms with Crippen LogP contribution >= 0.6 is 0 Å². The van der Waals surface area contributed by atoms with Crippen molar-refractivity contribution in [2.45, 2.75) is 70.8 Å². The van der Waals surface area contributed by atoms with Gasteiger partial charge in [-0.05, 0) is 37.5 Å². The minimum absolute atomic E-state index is 0.0301. The fourth-order valence-electron chi connectivity index (χ4n) is 4.59. The Balaban J connectivity index is 2.29. The number of rotatable bonds is 3. The van der Waals surface area contributed by atoms with Crippen molar-refractivity contribution in [2.24, 2.45) is 23.0 Å². The van der Waals surface area contributed by atoms with Gasteiger partial charge in [0, 0.05) is 12.0 Å². The minimum Gasteiger partial charge on any atom is -0.389 e. The number of hydrogen-bond donors (Lipinski definition) is 2. The molecule has 0 bridgehead atoms. The van der Waals surface area contributed by atoms with Gasteiger partial charge in [0.05, 0.1) is 5.60 Å². The van der Waals surface area contributed by atoms with E-state index in [9.17, 15) is 5.11 Å². The van der Waals surface area contributed by atoms with Crippen LogP contribution in [0.25, 0.3) is 0 Å². The van der Waals surface area contributed by atoms with Gasteiger partial charge in [-0.2, -0.15) is 0 Å². The van der Waals surface area contributed by atoms with E-state index in [1.165, 1.54) is 32.1 Å². The van der Waals surface area contributed by atoms with Crippen LogP contribution in [0.2, 0.25) is 0 Å². The third kappa shape index (κ3) is 2.04. The van der Waals surface area contributed by atoms with E-state index in [4.69, 9.17) is 5.73 Å². The first-order valence-corrected chi connectivity index (χ1v) is 7.48. The van der Waals surface area contributed by atoms with Crippen molar-refractivity contribution < 1.29 is 5.11 Å². The molecule has 2 unspecified atom stereocenters. The van der Waals surface area contributed by atoms with Crippen LogP contribution in [-0.2, 0) is 0 Å². The second-order valence-corrected chi connectivity index (χ2v) is 6.71. The van der Waals surface area contributed by atoms with Crippen molar-refractivity contribution in [1.82, 2.24) is 0 Å². The Hall–Kier alpha value is -0.0800. The summed E-state index contributed by atoms with van der Waals surface area (Å²) in [6.07, 6.45) is 9.43. The zero-order chi connectivity index (χ0) is 12.5. The fourth-order valence-corrected chi connectivity index (χ4v) is 4.59. The fraction of sp³-hybridized carbons (Fsp3) is 1.00. The van der Waals surface area contributed by atoms with Gasteiger partial charge >= 0.3 is 0 Å². The van der Waals surface area contributed by atoms with Gasteiger partial charge in [0.2, 0.25) is 0 Å². The Labute approximate surface area is 106 Å². The maximum absolute atomic E-state index is 11.4. The predicted octanol–water partition coefficient (Wildman–Crippen LogP) is 3.08. The van der Waals surface area contributed by atoms with E-state index in [1.807, 2.05) is 0 Å². The summed E-state index contributed by atoms with van der Waals surface area (Å²) in [6.45, 7) is 5.20. The highest BCUT2D eigenvalue weighted by atomic mass is 16.3. The van der Waals surface area contributed by atoms with Crippen molar-refractivity contribution in [3.05, 3.63) is 0 Å². The molecule has 0 amide bonds. The number of hydrogen-bond acceptors (Lipinski definition) is 2. The van der Waals surface area contributed by atoms with Crippen molar-refractivity contribution >= 4 is 0 Å². The average molecular weight is 239 g/mol. The molecule has 2 saturated carbocycles. The Kier molecular flexibility index (Phi) is 3.84. The molecule has 0 aliphatic heterocycles. The van der Waals surface area contributed by atoms with Gasteiger partial charge in [0.25, 0.3) is 0 Å². The number of aliphatic hydroxyl groups is 1. The highest BCUT2D eigenvalue weighted by Gasteiger charge is 2.55. The third-order valence-electron chi connectivity index (χ3n) is 5.61. The first-order chi connectivity index (χ1) is 8.06. The van der Waals surface area contributed by atoms with Crippen molar-refractivity contribution in [3.63, 3.8) is 0 Å². The molecule has 0 aromatic rings. The molecule has 0 spiro atoms. The van der Waals surface area contributed by atoms with Crippen molar-refractivity contribution in [3.8, 4) is 0 Å². The maximum Gasteiger partial charge on any atom is 0.0746 e. The lowest BCUT2D eigenvalue weighted by molar-refractivity contribution is -0.154. The SMILES string of the molecule is CC(C)C1CCCCC1(O)C1(CN)CCCC1. The van der Waals surface area contributed by atoms with Crippen LogP contribution in [0.3, 0.4) is 0 Å². The Bertz CT molecular complexity index is 258. The Morgan fingerprint density at radius 2 is 1.71 bits per heavy atom. The summed E-state index contributed by atoms with van der Waals surface area (Å²) in [6, 6.07) is 0. The van der Waals surface area contributed by atoms with E-state index in [0.29, 0.717) is 18.4 Å². The van der Waals surface area contributed by atoms with E-state index in [-0.39, 0.29) is 5.41 Å². The van der Waals surface area contributed by atoms with Gasteiger partial charge in [-0.15, -0.1) is 0 Å². The van der Waals surface area contributed by atoms with E-state index < -0.39 is 5.60 Å².